The van der Waals surface area contributed by atoms with Gasteiger partial charge in [0.15, 0.2) is 12.4 Å². The van der Waals surface area contributed by atoms with E-state index in [1.165, 1.54) is 96.3 Å². The first kappa shape index (κ1) is 57.9. The zero-order valence-electron chi connectivity index (χ0n) is 38.7. The Morgan fingerprint density at radius 1 is 0.565 bits per heavy atom. The zero-order chi connectivity index (χ0) is 45.5. The molecule has 6 unspecified atom stereocenters. The molecule has 12 nitrogen and oxygen atoms in total. The molecule has 1 saturated heterocycles. The summed E-state index contributed by atoms with van der Waals surface area (Å²) in [6, 6.07) is 0. The van der Waals surface area contributed by atoms with E-state index in [2.05, 4.69) is 50.3 Å². The molecule has 362 valence electrons. The van der Waals surface area contributed by atoms with Crippen LogP contribution in [0.5, 0.6) is 0 Å². The highest BCUT2D eigenvalue weighted by Gasteiger charge is 2.46. The molecule has 0 bridgehead atoms. The number of carbonyl (C=O) groups is 2. The summed E-state index contributed by atoms with van der Waals surface area (Å²) in [5.74, 6) is -2.00. The summed E-state index contributed by atoms with van der Waals surface area (Å²) in [7, 11) is -4.60. The van der Waals surface area contributed by atoms with Crippen LogP contribution in [0.2, 0.25) is 0 Å². The quantitative estimate of drug-likeness (QED) is 0.0197. The average Bonchev–Trinajstić information content (AvgIpc) is 3.24. The maximum atomic E-state index is 12.8. The van der Waals surface area contributed by atoms with Crippen LogP contribution in [0.4, 0.5) is 0 Å². The molecule has 1 fully saturated rings. The molecular formula is C49H88O12S. The van der Waals surface area contributed by atoms with Crippen molar-refractivity contribution in [2.75, 3.05) is 19.0 Å². The van der Waals surface area contributed by atoms with Gasteiger partial charge in [-0.05, 0) is 44.9 Å². The van der Waals surface area contributed by atoms with Crippen LogP contribution in [0.3, 0.4) is 0 Å². The topological polar surface area (TPSA) is 186 Å². The van der Waals surface area contributed by atoms with Crippen LogP contribution in [-0.4, -0.2) is 96.0 Å². The molecule has 62 heavy (non-hydrogen) atoms. The van der Waals surface area contributed by atoms with E-state index in [0.717, 1.165) is 70.6 Å². The summed E-state index contributed by atoms with van der Waals surface area (Å²) >= 11 is 0. The number of carbonyl (C=O) groups excluding carboxylic acids is 2. The Labute approximate surface area is 376 Å². The molecular weight excluding hydrogens is 813 g/mol. The van der Waals surface area contributed by atoms with E-state index >= 15 is 0 Å². The third kappa shape index (κ3) is 33.4. The van der Waals surface area contributed by atoms with Crippen LogP contribution in [0.1, 0.15) is 206 Å². The molecule has 1 aliphatic rings. The first-order valence-corrected chi connectivity index (χ1v) is 26.2. The molecule has 0 radical (unpaired) electrons. The second kappa shape index (κ2) is 39.3. The van der Waals surface area contributed by atoms with Crippen LogP contribution in [0.15, 0.2) is 36.5 Å². The molecule has 0 aromatic heterocycles. The summed E-state index contributed by atoms with van der Waals surface area (Å²) in [4.78, 5) is 25.5. The van der Waals surface area contributed by atoms with E-state index in [1.54, 1.807) is 0 Å². The lowest BCUT2D eigenvalue weighted by atomic mass is 10.00. The normalized spacial score (nSPS) is 20.1. The Morgan fingerprint density at radius 3 is 1.52 bits per heavy atom. The van der Waals surface area contributed by atoms with Gasteiger partial charge in [0, 0.05) is 12.8 Å². The Bertz CT molecular complexity index is 1290. The molecule has 13 heteroatoms. The van der Waals surface area contributed by atoms with Crippen LogP contribution in [0.25, 0.3) is 0 Å². The molecule has 0 spiro atoms. The van der Waals surface area contributed by atoms with Crippen LogP contribution in [0, 0.1) is 0 Å². The highest BCUT2D eigenvalue weighted by molar-refractivity contribution is 7.85. The van der Waals surface area contributed by atoms with Crippen molar-refractivity contribution in [2.24, 2.45) is 0 Å². The van der Waals surface area contributed by atoms with E-state index in [9.17, 15) is 37.9 Å². The van der Waals surface area contributed by atoms with Crippen LogP contribution in [-0.2, 0) is 38.7 Å². The van der Waals surface area contributed by atoms with E-state index in [-0.39, 0.29) is 19.4 Å². The third-order valence-electron chi connectivity index (χ3n) is 11.2. The summed E-state index contributed by atoms with van der Waals surface area (Å²) in [6.07, 6.45) is 36.2. The van der Waals surface area contributed by atoms with Crippen LogP contribution >= 0.6 is 0 Å². The minimum atomic E-state index is -4.60. The van der Waals surface area contributed by atoms with Gasteiger partial charge in [-0.25, -0.2) is 0 Å². The highest BCUT2D eigenvalue weighted by Crippen LogP contribution is 2.24. The SMILES string of the molecule is CC/C=C\C/C=C\C/C=C\CCCCCCCC(=O)OC(COC(=O)CCCCCCCCCCCCCCCCCCCCC)COC1OC(CS(=O)(=O)O)C(O)C(O)C1O. The summed E-state index contributed by atoms with van der Waals surface area (Å²) in [5, 5.41) is 30.9. The number of aliphatic hydroxyl groups is 3. The van der Waals surface area contributed by atoms with Gasteiger partial charge >= 0.3 is 11.9 Å². The molecule has 0 saturated carbocycles. The van der Waals surface area contributed by atoms with Crippen molar-refractivity contribution >= 4 is 22.1 Å². The van der Waals surface area contributed by atoms with Crippen molar-refractivity contribution in [2.45, 2.75) is 243 Å². The smallest absolute Gasteiger partial charge is 0.306 e. The van der Waals surface area contributed by atoms with Gasteiger partial charge in [0.1, 0.15) is 36.8 Å². The van der Waals surface area contributed by atoms with Crippen molar-refractivity contribution in [3.63, 3.8) is 0 Å². The minimum absolute atomic E-state index is 0.146. The Hall–Kier alpha value is -2.13. The fraction of sp³-hybridized carbons (Fsp3) is 0.837. The number of hydrogen-bond acceptors (Lipinski definition) is 11. The second-order valence-corrected chi connectivity index (χ2v) is 18.6. The average molecular weight is 901 g/mol. The number of unbranched alkanes of at least 4 members (excludes halogenated alkanes) is 23. The molecule has 6 atom stereocenters. The minimum Gasteiger partial charge on any atom is -0.462 e. The van der Waals surface area contributed by atoms with Crippen molar-refractivity contribution in [1.29, 1.82) is 0 Å². The van der Waals surface area contributed by atoms with Gasteiger partial charge in [0.25, 0.3) is 10.1 Å². The summed E-state index contributed by atoms with van der Waals surface area (Å²) in [6.45, 7) is 3.66. The number of esters is 2. The van der Waals surface area contributed by atoms with Crippen molar-refractivity contribution in [3.05, 3.63) is 36.5 Å². The molecule has 0 aliphatic carbocycles. The number of aliphatic hydroxyl groups excluding tert-OH is 3. The summed E-state index contributed by atoms with van der Waals surface area (Å²) < 4.78 is 54.1. The molecule has 4 N–H and O–H groups in total. The maximum Gasteiger partial charge on any atom is 0.306 e. The Balaban J connectivity index is 2.39. The highest BCUT2D eigenvalue weighted by atomic mass is 32.2. The number of hydrogen-bond donors (Lipinski definition) is 4. The van der Waals surface area contributed by atoms with Gasteiger partial charge in [-0.2, -0.15) is 8.42 Å². The maximum absolute atomic E-state index is 12.8. The second-order valence-electron chi connectivity index (χ2n) is 17.1. The first-order chi connectivity index (χ1) is 30.0. The Kier molecular flexibility index (Phi) is 36.6. The predicted molar refractivity (Wildman–Crippen MR) is 247 cm³/mol. The van der Waals surface area contributed by atoms with Gasteiger partial charge in [0.2, 0.25) is 0 Å². The lowest BCUT2D eigenvalue weighted by Crippen LogP contribution is -2.60. The predicted octanol–water partition coefficient (Wildman–Crippen LogP) is 10.6. The Morgan fingerprint density at radius 2 is 1.02 bits per heavy atom. The van der Waals surface area contributed by atoms with E-state index in [1.807, 2.05) is 0 Å². The molecule has 1 aliphatic heterocycles. The van der Waals surface area contributed by atoms with Gasteiger partial charge < -0.3 is 34.3 Å². The molecule has 0 amide bonds. The van der Waals surface area contributed by atoms with Gasteiger partial charge in [0.05, 0.1) is 6.61 Å². The molecule has 0 aromatic carbocycles. The standard InChI is InChI=1S/C49H88O12S/c1-3-5-7-9-11-13-15-17-19-20-21-22-24-25-27-29-31-33-35-37-44(50)58-39-42(40-59-49-48(54)47(53)46(52)43(61-49)41-62(55,56)57)60-45(51)38-36-34-32-30-28-26-23-18-16-14-12-10-8-6-4-2/h6,8,12,14,18,23,42-43,46-49,52-54H,3-5,7,9-11,13,15-17,19-22,24-41H2,1-2H3,(H,55,56,57)/b8-6-,14-12-,23-18-. The van der Waals surface area contributed by atoms with Crippen LogP contribution < -0.4 is 0 Å². The lowest BCUT2D eigenvalue weighted by Gasteiger charge is -2.40. The molecule has 1 heterocycles. The zero-order valence-corrected chi connectivity index (χ0v) is 39.5. The van der Waals surface area contributed by atoms with Crippen molar-refractivity contribution in [1.82, 2.24) is 0 Å². The number of ether oxygens (including phenoxy) is 4. The fourth-order valence-corrected chi connectivity index (χ4v) is 8.15. The third-order valence-corrected chi connectivity index (χ3v) is 12.0. The summed E-state index contributed by atoms with van der Waals surface area (Å²) in [5.41, 5.74) is 0. The van der Waals surface area contributed by atoms with Gasteiger partial charge in [-0.3, -0.25) is 14.1 Å². The van der Waals surface area contributed by atoms with Gasteiger partial charge in [-0.15, -0.1) is 0 Å². The lowest BCUT2D eigenvalue weighted by molar-refractivity contribution is -0.297. The largest absolute Gasteiger partial charge is 0.462 e. The van der Waals surface area contributed by atoms with Crippen molar-refractivity contribution in [3.8, 4) is 0 Å². The monoisotopic (exact) mass is 901 g/mol. The molecule has 0 aromatic rings. The number of allylic oxidation sites excluding steroid dienone is 6. The van der Waals surface area contributed by atoms with E-state index in [4.69, 9.17) is 18.9 Å². The van der Waals surface area contributed by atoms with Crippen molar-refractivity contribution < 1.29 is 56.8 Å². The molecule has 1 rings (SSSR count). The van der Waals surface area contributed by atoms with Gasteiger partial charge in [-0.1, -0.05) is 185 Å². The van der Waals surface area contributed by atoms with E-state index in [0.29, 0.717) is 12.8 Å². The first-order valence-electron chi connectivity index (χ1n) is 24.5. The number of rotatable bonds is 41. The fourth-order valence-electron chi connectivity index (χ4n) is 7.46. The van der Waals surface area contributed by atoms with E-state index < -0.39 is 71.2 Å².